The van der Waals surface area contributed by atoms with Crippen LogP contribution in [0.25, 0.3) is 0 Å². The molecule has 0 radical (unpaired) electrons. The second-order valence-electron chi connectivity index (χ2n) is 4.79. The Hall–Kier alpha value is -0.790. The lowest BCUT2D eigenvalue weighted by molar-refractivity contribution is -0.143. The maximum atomic E-state index is 11.3. The lowest BCUT2D eigenvalue weighted by Crippen LogP contribution is -2.04. The van der Waals surface area contributed by atoms with Gasteiger partial charge in [-0.25, -0.2) is 0 Å². The zero-order valence-corrected chi connectivity index (χ0v) is 12.2. The van der Waals surface area contributed by atoms with Gasteiger partial charge in [-0.05, 0) is 25.7 Å². The first-order valence-corrected chi connectivity index (χ1v) is 7.61. The van der Waals surface area contributed by atoms with E-state index in [1.807, 2.05) is 0 Å². The summed E-state index contributed by atoms with van der Waals surface area (Å²) < 4.78 is 5.08. The van der Waals surface area contributed by atoms with Crippen LogP contribution in [0.5, 0.6) is 0 Å². The van der Waals surface area contributed by atoms with Crippen LogP contribution in [0.4, 0.5) is 0 Å². The smallest absolute Gasteiger partial charge is 0.306 e. The van der Waals surface area contributed by atoms with Gasteiger partial charge in [-0.3, -0.25) is 4.79 Å². The third-order valence-corrected chi connectivity index (χ3v) is 2.92. The predicted molar refractivity (Wildman–Crippen MR) is 77.6 cm³/mol. The summed E-state index contributed by atoms with van der Waals surface area (Å²) in [7, 11) is 0. The van der Waals surface area contributed by atoms with Crippen molar-refractivity contribution >= 4 is 5.97 Å². The number of hydrogen-bond acceptors (Lipinski definition) is 2. The predicted octanol–water partition coefficient (Wildman–Crippen LogP) is 5.03. The molecule has 0 N–H and O–H groups in total. The molecule has 2 heteroatoms. The van der Waals surface area contributed by atoms with Crippen molar-refractivity contribution in [2.24, 2.45) is 0 Å². The Morgan fingerprint density at radius 3 is 2.28 bits per heavy atom. The molecular formula is C16H30O2. The second-order valence-corrected chi connectivity index (χ2v) is 4.79. The van der Waals surface area contributed by atoms with Crippen LogP contribution in [-0.2, 0) is 9.53 Å². The maximum absolute atomic E-state index is 11.3. The summed E-state index contributed by atoms with van der Waals surface area (Å²) >= 11 is 0. The molecule has 18 heavy (non-hydrogen) atoms. The summed E-state index contributed by atoms with van der Waals surface area (Å²) in [6, 6.07) is 0. The fraction of sp³-hybridized carbons (Fsp3) is 0.812. The van der Waals surface area contributed by atoms with Crippen molar-refractivity contribution in [3.05, 3.63) is 12.2 Å². The Balaban J connectivity index is 3.23. The highest BCUT2D eigenvalue weighted by Gasteiger charge is 1.99. The van der Waals surface area contributed by atoms with Crippen LogP contribution in [0.15, 0.2) is 12.2 Å². The van der Waals surface area contributed by atoms with E-state index in [0.717, 1.165) is 25.7 Å². The van der Waals surface area contributed by atoms with Gasteiger partial charge in [0.2, 0.25) is 0 Å². The first-order chi connectivity index (χ1) is 8.81. The van der Waals surface area contributed by atoms with Gasteiger partial charge in [-0.2, -0.15) is 0 Å². The van der Waals surface area contributed by atoms with Gasteiger partial charge < -0.3 is 4.74 Å². The van der Waals surface area contributed by atoms with Crippen LogP contribution in [0, 0.1) is 0 Å². The Labute approximate surface area is 113 Å². The highest BCUT2D eigenvalue weighted by molar-refractivity contribution is 5.69. The first kappa shape index (κ1) is 17.2. The fourth-order valence-electron chi connectivity index (χ4n) is 1.71. The van der Waals surface area contributed by atoms with Crippen molar-refractivity contribution in [1.82, 2.24) is 0 Å². The number of allylic oxidation sites excluding steroid dienone is 2. The van der Waals surface area contributed by atoms with Gasteiger partial charge in [-0.1, -0.05) is 58.1 Å². The summed E-state index contributed by atoms with van der Waals surface area (Å²) in [4.78, 5) is 11.3. The molecule has 106 valence electrons. The summed E-state index contributed by atoms with van der Waals surface area (Å²) in [5.74, 6) is -0.0592. The molecule has 0 aromatic heterocycles. The summed E-state index contributed by atoms with van der Waals surface area (Å²) in [6.45, 7) is 4.91. The van der Waals surface area contributed by atoms with Gasteiger partial charge in [0.25, 0.3) is 0 Å². The summed E-state index contributed by atoms with van der Waals surface area (Å²) in [5, 5.41) is 0. The van der Waals surface area contributed by atoms with E-state index in [0.29, 0.717) is 13.0 Å². The molecule has 0 heterocycles. The molecule has 0 aliphatic rings. The van der Waals surface area contributed by atoms with Crippen molar-refractivity contribution in [1.29, 1.82) is 0 Å². The molecule has 0 bridgehead atoms. The number of hydrogen-bond donors (Lipinski definition) is 0. The lowest BCUT2D eigenvalue weighted by atomic mass is 10.1. The van der Waals surface area contributed by atoms with Gasteiger partial charge in [0, 0.05) is 6.42 Å². The third-order valence-electron chi connectivity index (χ3n) is 2.92. The van der Waals surface area contributed by atoms with Crippen molar-refractivity contribution in [2.45, 2.75) is 78.1 Å². The highest BCUT2D eigenvalue weighted by atomic mass is 16.5. The van der Waals surface area contributed by atoms with Crippen molar-refractivity contribution in [3.63, 3.8) is 0 Å². The minimum absolute atomic E-state index is 0.0592. The molecule has 0 aliphatic carbocycles. The van der Waals surface area contributed by atoms with Crippen molar-refractivity contribution in [2.75, 3.05) is 6.61 Å². The number of carbonyl (C=O) groups is 1. The zero-order chi connectivity index (χ0) is 13.5. The zero-order valence-electron chi connectivity index (χ0n) is 12.2. The normalized spacial score (nSPS) is 11.0. The van der Waals surface area contributed by atoms with Crippen LogP contribution in [0.1, 0.15) is 78.1 Å². The molecule has 0 unspecified atom stereocenters. The van der Waals surface area contributed by atoms with E-state index in [-0.39, 0.29) is 5.97 Å². The van der Waals surface area contributed by atoms with Crippen molar-refractivity contribution < 1.29 is 9.53 Å². The summed E-state index contributed by atoms with van der Waals surface area (Å²) in [5.41, 5.74) is 0. The summed E-state index contributed by atoms with van der Waals surface area (Å²) in [6.07, 6.45) is 15.5. The van der Waals surface area contributed by atoms with E-state index >= 15 is 0 Å². The van der Waals surface area contributed by atoms with Gasteiger partial charge >= 0.3 is 5.97 Å². The minimum Gasteiger partial charge on any atom is -0.466 e. The molecule has 0 amide bonds. The van der Waals surface area contributed by atoms with Gasteiger partial charge in [0.15, 0.2) is 0 Å². The minimum atomic E-state index is -0.0592. The van der Waals surface area contributed by atoms with E-state index in [9.17, 15) is 4.79 Å². The van der Waals surface area contributed by atoms with Gasteiger partial charge in [0.05, 0.1) is 6.61 Å². The Morgan fingerprint density at radius 1 is 0.889 bits per heavy atom. The Morgan fingerprint density at radius 2 is 1.56 bits per heavy atom. The van der Waals surface area contributed by atoms with Gasteiger partial charge in [0.1, 0.15) is 0 Å². The average molecular weight is 254 g/mol. The number of ether oxygens (including phenoxy) is 1. The number of unbranched alkanes of at least 4 members (excludes halogenated alkanes) is 6. The molecule has 0 atom stereocenters. The van der Waals surface area contributed by atoms with Crippen molar-refractivity contribution in [3.8, 4) is 0 Å². The Bertz CT molecular complexity index is 209. The monoisotopic (exact) mass is 254 g/mol. The third kappa shape index (κ3) is 13.3. The molecule has 0 spiro atoms. The number of esters is 1. The molecular weight excluding hydrogens is 224 g/mol. The quantitative estimate of drug-likeness (QED) is 0.277. The lowest BCUT2D eigenvalue weighted by Gasteiger charge is -2.01. The molecule has 0 aliphatic heterocycles. The van der Waals surface area contributed by atoms with E-state index < -0.39 is 0 Å². The van der Waals surface area contributed by atoms with Crippen LogP contribution in [0.2, 0.25) is 0 Å². The maximum Gasteiger partial charge on any atom is 0.306 e. The molecule has 2 nitrogen and oxygen atoms in total. The van der Waals surface area contributed by atoms with Crippen LogP contribution < -0.4 is 0 Å². The van der Waals surface area contributed by atoms with E-state index in [4.69, 9.17) is 4.74 Å². The van der Waals surface area contributed by atoms with E-state index in [2.05, 4.69) is 26.0 Å². The topological polar surface area (TPSA) is 26.3 Å². The van der Waals surface area contributed by atoms with E-state index in [1.54, 1.807) is 0 Å². The Kier molecular flexibility index (Phi) is 13.6. The standard InChI is InChI=1S/C16H30O2/c1-3-5-7-8-9-10-11-12-13-14-16(17)18-15-6-4-2/h11-12H,3-10,13-15H2,1-2H3. The van der Waals surface area contributed by atoms with Crippen LogP contribution in [-0.4, -0.2) is 12.6 Å². The van der Waals surface area contributed by atoms with Gasteiger partial charge in [-0.15, -0.1) is 0 Å². The SMILES string of the molecule is CCCCCCCC=CCCC(=O)OCCCC. The molecule has 0 saturated carbocycles. The fourth-order valence-corrected chi connectivity index (χ4v) is 1.71. The second kappa shape index (κ2) is 14.3. The molecule has 0 fully saturated rings. The molecule has 0 aromatic rings. The average Bonchev–Trinajstić information content (AvgIpc) is 2.37. The van der Waals surface area contributed by atoms with Crippen LogP contribution >= 0.6 is 0 Å². The first-order valence-electron chi connectivity index (χ1n) is 7.61. The highest BCUT2D eigenvalue weighted by Crippen LogP contribution is 2.06. The number of carbonyl (C=O) groups excluding carboxylic acids is 1. The van der Waals surface area contributed by atoms with Crippen LogP contribution in [0.3, 0.4) is 0 Å². The molecule has 0 rings (SSSR count). The number of rotatable bonds is 12. The van der Waals surface area contributed by atoms with E-state index in [1.165, 1.54) is 32.1 Å². The molecule has 0 aromatic carbocycles. The largest absolute Gasteiger partial charge is 0.466 e. The molecule has 0 saturated heterocycles.